The quantitative estimate of drug-likeness (QED) is 0.507. The molecule has 0 atom stereocenters. The van der Waals surface area contributed by atoms with Gasteiger partial charge in [0, 0.05) is 5.41 Å². The van der Waals surface area contributed by atoms with Gasteiger partial charge in [-0.2, -0.15) is 14.9 Å². The van der Waals surface area contributed by atoms with Crippen LogP contribution in [-0.2, 0) is 10.2 Å². The fraction of sp³-hybridized carbons (Fsp3) is 0.316. The summed E-state index contributed by atoms with van der Waals surface area (Å²) in [5, 5.41) is 30.0. The van der Waals surface area contributed by atoms with Gasteiger partial charge in [-0.05, 0) is 19.1 Å². The highest BCUT2D eigenvalue weighted by Crippen LogP contribution is 2.40. The fourth-order valence-corrected chi connectivity index (χ4v) is 2.56. The average Bonchev–Trinajstić information content (AvgIpc) is 3.25. The molecule has 9 nitrogen and oxygen atoms in total. The summed E-state index contributed by atoms with van der Waals surface area (Å²) in [5.41, 5.74) is 1.25. The number of esters is 1. The van der Waals surface area contributed by atoms with Crippen LogP contribution in [0.25, 0.3) is 5.69 Å². The number of azo groups is 1. The molecule has 9 heteroatoms. The molecule has 2 heterocycles. The Morgan fingerprint density at radius 2 is 1.96 bits per heavy atom. The Balaban J connectivity index is 2.05. The Kier molecular flexibility index (Phi) is 5.25. The standard InChI is InChI=1S/C19H22N6O3/c1-5-28-18(27)13-11-20-22-16(13)23-21-14-15(19(2,3)4)24-25(17(14)26)12-9-7-6-8-10-12/h6-11,26H,5H2,1-4H3,(H,20,22)/b23-21+. The van der Waals surface area contributed by atoms with Crippen molar-refractivity contribution in [2.24, 2.45) is 10.2 Å². The third-order valence-corrected chi connectivity index (χ3v) is 3.91. The van der Waals surface area contributed by atoms with Gasteiger partial charge < -0.3 is 9.84 Å². The number of carbonyl (C=O) groups is 1. The van der Waals surface area contributed by atoms with Crippen molar-refractivity contribution in [1.82, 2.24) is 20.0 Å². The molecule has 0 aliphatic rings. The molecule has 0 fully saturated rings. The van der Waals surface area contributed by atoms with Crippen molar-refractivity contribution < 1.29 is 14.6 Å². The smallest absolute Gasteiger partial charge is 0.343 e. The van der Waals surface area contributed by atoms with Crippen LogP contribution in [-0.4, -0.2) is 37.7 Å². The fourth-order valence-electron chi connectivity index (χ4n) is 2.56. The number of para-hydroxylation sites is 1. The number of nitrogens with one attached hydrogen (secondary N) is 1. The van der Waals surface area contributed by atoms with Crippen molar-refractivity contribution in [3.05, 3.63) is 47.8 Å². The molecular weight excluding hydrogens is 360 g/mol. The highest BCUT2D eigenvalue weighted by molar-refractivity contribution is 5.93. The average molecular weight is 382 g/mol. The Labute approximate surface area is 162 Å². The number of nitrogens with zero attached hydrogens (tertiary/aromatic N) is 5. The Morgan fingerprint density at radius 3 is 2.61 bits per heavy atom. The van der Waals surface area contributed by atoms with Crippen LogP contribution in [0.1, 0.15) is 43.7 Å². The maximum atomic E-state index is 12.0. The first kappa shape index (κ1) is 19.3. The molecule has 2 aromatic heterocycles. The van der Waals surface area contributed by atoms with Crippen LogP contribution in [0.15, 0.2) is 46.8 Å². The van der Waals surface area contributed by atoms with E-state index in [-0.39, 0.29) is 29.6 Å². The molecule has 0 radical (unpaired) electrons. The molecule has 3 rings (SSSR count). The maximum Gasteiger partial charge on any atom is 0.343 e. The molecule has 2 N–H and O–H groups in total. The van der Waals surface area contributed by atoms with Gasteiger partial charge in [0.2, 0.25) is 5.88 Å². The Morgan fingerprint density at radius 1 is 1.25 bits per heavy atom. The predicted octanol–water partition coefficient (Wildman–Crippen LogP) is 4.19. The van der Waals surface area contributed by atoms with E-state index in [1.807, 2.05) is 51.1 Å². The van der Waals surface area contributed by atoms with Crippen LogP contribution < -0.4 is 0 Å². The van der Waals surface area contributed by atoms with Crippen molar-refractivity contribution in [3.8, 4) is 11.6 Å². The molecule has 0 unspecified atom stereocenters. The monoisotopic (exact) mass is 382 g/mol. The Hall–Kier alpha value is -3.49. The normalized spacial score (nSPS) is 11.9. The van der Waals surface area contributed by atoms with Gasteiger partial charge in [-0.1, -0.05) is 39.0 Å². The maximum absolute atomic E-state index is 12.0. The third-order valence-electron chi connectivity index (χ3n) is 3.91. The minimum atomic E-state index is -0.551. The van der Waals surface area contributed by atoms with Crippen molar-refractivity contribution in [1.29, 1.82) is 0 Å². The van der Waals surface area contributed by atoms with Crippen LogP contribution in [0.4, 0.5) is 11.5 Å². The number of hydrogen-bond acceptors (Lipinski definition) is 7. The lowest BCUT2D eigenvalue weighted by molar-refractivity contribution is 0.0527. The van der Waals surface area contributed by atoms with Crippen LogP contribution >= 0.6 is 0 Å². The lowest BCUT2D eigenvalue weighted by atomic mass is 9.91. The van der Waals surface area contributed by atoms with E-state index < -0.39 is 11.4 Å². The van der Waals surface area contributed by atoms with Gasteiger partial charge in [0.25, 0.3) is 0 Å². The van der Waals surface area contributed by atoms with Gasteiger partial charge in [0.1, 0.15) is 5.56 Å². The number of rotatable bonds is 5. The molecule has 3 aromatic rings. The van der Waals surface area contributed by atoms with Crippen molar-refractivity contribution in [2.75, 3.05) is 6.61 Å². The molecule has 0 saturated carbocycles. The van der Waals surface area contributed by atoms with Crippen molar-refractivity contribution in [2.45, 2.75) is 33.1 Å². The summed E-state index contributed by atoms with van der Waals surface area (Å²) in [7, 11) is 0. The molecule has 0 spiro atoms. The van der Waals surface area contributed by atoms with Gasteiger partial charge >= 0.3 is 5.97 Å². The summed E-state index contributed by atoms with van der Waals surface area (Å²) >= 11 is 0. The molecule has 0 bridgehead atoms. The molecule has 146 valence electrons. The largest absolute Gasteiger partial charge is 0.492 e. The van der Waals surface area contributed by atoms with Gasteiger partial charge in [0.15, 0.2) is 11.5 Å². The zero-order valence-electron chi connectivity index (χ0n) is 16.2. The number of aromatic nitrogens is 4. The summed E-state index contributed by atoms with van der Waals surface area (Å²) in [4.78, 5) is 12.0. The molecule has 0 aliphatic carbocycles. The van der Waals surface area contributed by atoms with Gasteiger partial charge in [-0.3, -0.25) is 5.10 Å². The second kappa shape index (κ2) is 7.63. The number of aromatic amines is 1. The topological polar surface area (TPSA) is 118 Å². The first-order chi connectivity index (χ1) is 13.3. The first-order valence-corrected chi connectivity index (χ1v) is 8.83. The van der Waals surface area contributed by atoms with Crippen LogP contribution in [0.2, 0.25) is 0 Å². The minimum absolute atomic E-state index is 0.142. The van der Waals surface area contributed by atoms with E-state index in [4.69, 9.17) is 4.74 Å². The predicted molar refractivity (Wildman–Crippen MR) is 103 cm³/mol. The van der Waals surface area contributed by atoms with E-state index >= 15 is 0 Å². The van der Waals surface area contributed by atoms with E-state index in [9.17, 15) is 9.90 Å². The first-order valence-electron chi connectivity index (χ1n) is 8.83. The SMILES string of the molecule is CCOC(=O)c1cn[nH]c1/N=N/c1c(C(C)(C)C)nn(-c2ccccc2)c1O. The van der Waals surface area contributed by atoms with E-state index in [2.05, 4.69) is 25.5 Å². The highest BCUT2D eigenvalue weighted by atomic mass is 16.5. The van der Waals surface area contributed by atoms with Gasteiger partial charge in [0.05, 0.1) is 24.2 Å². The summed E-state index contributed by atoms with van der Waals surface area (Å²) in [6.45, 7) is 7.83. The highest BCUT2D eigenvalue weighted by Gasteiger charge is 2.28. The molecule has 0 aliphatic heterocycles. The minimum Gasteiger partial charge on any atom is -0.492 e. The second-order valence-electron chi connectivity index (χ2n) is 7.07. The van der Waals surface area contributed by atoms with Gasteiger partial charge in [-0.25, -0.2) is 4.79 Å². The Bertz CT molecular complexity index is 999. The van der Waals surface area contributed by atoms with E-state index in [1.165, 1.54) is 10.9 Å². The number of aromatic hydroxyl groups is 1. The lowest BCUT2D eigenvalue weighted by Gasteiger charge is -2.15. The van der Waals surface area contributed by atoms with E-state index in [1.54, 1.807) is 6.92 Å². The number of H-pyrrole nitrogens is 1. The third kappa shape index (κ3) is 3.78. The molecular formula is C19H22N6O3. The van der Waals surface area contributed by atoms with E-state index in [0.717, 1.165) is 0 Å². The zero-order valence-corrected chi connectivity index (χ0v) is 16.2. The van der Waals surface area contributed by atoms with Crippen LogP contribution in [0.5, 0.6) is 5.88 Å². The van der Waals surface area contributed by atoms with E-state index in [0.29, 0.717) is 11.4 Å². The molecule has 1 aromatic carbocycles. The number of hydrogen-bond donors (Lipinski definition) is 2. The van der Waals surface area contributed by atoms with Crippen molar-refractivity contribution in [3.63, 3.8) is 0 Å². The molecule has 0 saturated heterocycles. The number of benzene rings is 1. The zero-order chi connectivity index (χ0) is 20.3. The summed E-state index contributed by atoms with van der Waals surface area (Å²) < 4.78 is 6.39. The van der Waals surface area contributed by atoms with Crippen LogP contribution in [0, 0.1) is 0 Å². The summed E-state index contributed by atoms with van der Waals surface area (Å²) in [6, 6.07) is 9.24. The summed E-state index contributed by atoms with van der Waals surface area (Å²) in [6.07, 6.45) is 1.32. The lowest BCUT2D eigenvalue weighted by Crippen LogP contribution is -2.13. The molecule has 28 heavy (non-hydrogen) atoms. The summed E-state index contributed by atoms with van der Waals surface area (Å²) in [5.74, 6) is -0.548. The van der Waals surface area contributed by atoms with Gasteiger partial charge in [-0.15, -0.1) is 10.2 Å². The second-order valence-corrected chi connectivity index (χ2v) is 7.07. The number of carbonyl (C=O) groups excluding carboxylic acids is 1. The van der Waals surface area contributed by atoms with Crippen LogP contribution in [0.3, 0.4) is 0 Å². The molecule has 0 amide bonds. The number of ether oxygens (including phenoxy) is 1. The van der Waals surface area contributed by atoms with Crippen molar-refractivity contribution >= 4 is 17.5 Å².